The summed E-state index contributed by atoms with van der Waals surface area (Å²) in [6.45, 7) is 4.71. The third-order valence-corrected chi connectivity index (χ3v) is 6.04. The van der Waals surface area contributed by atoms with Crippen molar-refractivity contribution in [2.24, 2.45) is 0 Å². The number of quaternary nitrogens is 1. The Morgan fingerprint density at radius 2 is 1.78 bits per heavy atom. The van der Waals surface area contributed by atoms with Crippen molar-refractivity contribution in [3.63, 3.8) is 0 Å². The summed E-state index contributed by atoms with van der Waals surface area (Å²) in [4.78, 5) is 19.5. The van der Waals surface area contributed by atoms with Crippen LogP contribution < -0.4 is 19.4 Å². The Kier molecular flexibility index (Phi) is 6.78. The minimum absolute atomic E-state index is 0.197. The van der Waals surface area contributed by atoms with Gasteiger partial charge in [0.15, 0.2) is 11.4 Å². The van der Waals surface area contributed by atoms with Gasteiger partial charge in [0.05, 0.1) is 26.7 Å². The van der Waals surface area contributed by atoms with Crippen LogP contribution in [0.25, 0.3) is 0 Å². The SMILES string of the molecule is COc1ccccc1[N+]1(CCN(C(=O)c2ccc(F)cc2)c2ccccn2)CCNCC1. The zero-order chi connectivity index (χ0) is 22.4. The molecule has 3 aromatic rings. The second-order valence-corrected chi connectivity index (χ2v) is 7.89. The van der Waals surface area contributed by atoms with Crippen molar-refractivity contribution in [3.05, 3.63) is 84.3 Å². The molecule has 166 valence electrons. The van der Waals surface area contributed by atoms with Crippen LogP contribution in [-0.4, -0.2) is 57.3 Å². The number of hydrogen-bond donors (Lipinski definition) is 1. The summed E-state index contributed by atoms with van der Waals surface area (Å²) in [5.41, 5.74) is 1.55. The van der Waals surface area contributed by atoms with E-state index in [0.717, 1.165) is 37.6 Å². The van der Waals surface area contributed by atoms with Gasteiger partial charge in [-0.1, -0.05) is 18.2 Å². The van der Waals surface area contributed by atoms with Gasteiger partial charge in [-0.25, -0.2) is 9.37 Å². The Morgan fingerprint density at radius 1 is 1.06 bits per heavy atom. The number of nitrogens with one attached hydrogen (secondary N) is 1. The number of halogens is 1. The Balaban J connectivity index is 1.66. The molecule has 32 heavy (non-hydrogen) atoms. The summed E-state index contributed by atoms with van der Waals surface area (Å²) in [5.74, 6) is 0.864. The van der Waals surface area contributed by atoms with Gasteiger partial charge < -0.3 is 10.1 Å². The van der Waals surface area contributed by atoms with Crippen molar-refractivity contribution in [1.29, 1.82) is 0 Å². The maximum absolute atomic E-state index is 13.4. The third kappa shape index (κ3) is 4.64. The minimum atomic E-state index is -0.368. The van der Waals surface area contributed by atoms with E-state index in [1.807, 2.05) is 36.4 Å². The Morgan fingerprint density at radius 3 is 2.47 bits per heavy atom. The van der Waals surface area contributed by atoms with Gasteiger partial charge >= 0.3 is 0 Å². The highest BCUT2D eigenvalue weighted by atomic mass is 19.1. The van der Waals surface area contributed by atoms with Gasteiger partial charge in [0, 0.05) is 30.9 Å². The lowest BCUT2D eigenvalue weighted by Gasteiger charge is -2.42. The average Bonchev–Trinajstić information content (AvgIpc) is 2.85. The molecule has 1 aromatic heterocycles. The van der Waals surface area contributed by atoms with E-state index in [1.165, 1.54) is 24.3 Å². The van der Waals surface area contributed by atoms with E-state index in [1.54, 1.807) is 18.2 Å². The molecule has 1 fully saturated rings. The zero-order valence-corrected chi connectivity index (χ0v) is 18.2. The van der Waals surface area contributed by atoms with Gasteiger partial charge in [0.25, 0.3) is 5.91 Å². The highest BCUT2D eigenvalue weighted by molar-refractivity contribution is 6.05. The highest BCUT2D eigenvalue weighted by Gasteiger charge is 2.36. The first-order chi connectivity index (χ1) is 15.6. The highest BCUT2D eigenvalue weighted by Crippen LogP contribution is 2.34. The molecule has 4 rings (SSSR count). The predicted octanol–water partition coefficient (Wildman–Crippen LogP) is 3.49. The van der Waals surface area contributed by atoms with Gasteiger partial charge in [-0.3, -0.25) is 14.2 Å². The molecule has 0 saturated carbocycles. The molecule has 1 N–H and O–H groups in total. The number of pyridine rings is 1. The normalized spacial score (nSPS) is 15.2. The number of aromatic nitrogens is 1. The monoisotopic (exact) mass is 435 g/mol. The number of methoxy groups -OCH3 is 1. The van der Waals surface area contributed by atoms with Gasteiger partial charge in [-0.15, -0.1) is 0 Å². The smallest absolute Gasteiger partial charge is 0.259 e. The van der Waals surface area contributed by atoms with Crippen LogP contribution in [0.5, 0.6) is 5.75 Å². The van der Waals surface area contributed by atoms with Gasteiger partial charge in [0.2, 0.25) is 0 Å². The molecule has 1 aliphatic rings. The molecular weight excluding hydrogens is 407 g/mol. The second-order valence-electron chi connectivity index (χ2n) is 7.89. The first-order valence-corrected chi connectivity index (χ1v) is 10.8. The molecule has 0 radical (unpaired) electrons. The molecule has 0 aliphatic carbocycles. The maximum Gasteiger partial charge on any atom is 0.259 e. The van der Waals surface area contributed by atoms with Crippen LogP contribution in [0.3, 0.4) is 0 Å². The van der Waals surface area contributed by atoms with Crippen molar-refractivity contribution in [3.8, 4) is 5.75 Å². The Labute approximate surface area is 187 Å². The molecule has 0 spiro atoms. The number of benzene rings is 2. The average molecular weight is 436 g/mol. The summed E-state index contributed by atoms with van der Waals surface area (Å²) in [5, 5.41) is 3.44. The Hall–Kier alpha value is -3.29. The molecule has 1 saturated heterocycles. The summed E-state index contributed by atoms with van der Waals surface area (Å²) in [7, 11) is 1.69. The van der Waals surface area contributed by atoms with Crippen molar-refractivity contribution in [1.82, 2.24) is 14.8 Å². The number of nitrogens with zero attached hydrogens (tertiary/aromatic N) is 3. The van der Waals surface area contributed by atoms with E-state index in [0.29, 0.717) is 29.0 Å². The molecule has 6 nitrogen and oxygen atoms in total. The standard InChI is InChI=1S/C25H28FN4O2/c1-32-23-7-3-2-6-22(23)30(17-14-27-15-18-30)19-16-29(24-8-4-5-13-28-24)25(31)20-9-11-21(26)12-10-20/h2-13,27H,14-19H2,1H3/q+1. The number of hydrogen-bond acceptors (Lipinski definition) is 4. The molecule has 1 amide bonds. The van der Waals surface area contributed by atoms with Crippen LogP contribution in [0.15, 0.2) is 72.9 Å². The number of rotatable bonds is 7. The summed E-state index contributed by atoms with van der Waals surface area (Å²) >= 11 is 0. The summed E-state index contributed by atoms with van der Waals surface area (Å²) in [6.07, 6.45) is 1.68. The van der Waals surface area contributed by atoms with Crippen LogP contribution in [0.1, 0.15) is 10.4 Å². The number of carbonyl (C=O) groups is 1. The van der Waals surface area contributed by atoms with E-state index in [-0.39, 0.29) is 11.7 Å². The van der Waals surface area contributed by atoms with Crippen LogP contribution in [-0.2, 0) is 0 Å². The van der Waals surface area contributed by atoms with Crippen LogP contribution in [0.4, 0.5) is 15.9 Å². The molecule has 0 bridgehead atoms. The van der Waals surface area contributed by atoms with E-state index in [4.69, 9.17) is 4.74 Å². The van der Waals surface area contributed by atoms with Gasteiger partial charge in [-0.05, 0) is 42.5 Å². The van der Waals surface area contributed by atoms with Crippen LogP contribution in [0, 0.1) is 5.82 Å². The Bertz CT molecular complexity index is 1040. The fraction of sp³-hybridized carbons (Fsp3) is 0.280. The first kappa shape index (κ1) is 21.9. The molecule has 2 heterocycles. The summed E-state index contributed by atoms with van der Waals surface area (Å²) in [6, 6.07) is 19.3. The molecule has 0 atom stereocenters. The maximum atomic E-state index is 13.4. The first-order valence-electron chi connectivity index (χ1n) is 10.8. The number of anilines is 1. The van der Waals surface area contributed by atoms with Crippen molar-refractivity contribution in [2.45, 2.75) is 0 Å². The van der Waals surface area contributed by atoms with Crippen molar-refractivity contribution < 1.29 is 13.9 Å². The molecule has 0 unspecified atom stereocenters. The van der Waals surface area contributed by atoms with Crippen molar-refractivity contribution in [2.75, 3.05) is 51.3 Å². The lowest BCUT2D eigenvalue weighted by molar-refractivity contribution is 0.0982. The van der Waals surface area contributed by atoms with Crippen molar-refractivity contribution >= 4 is 17.4 Å². The summed E-state index contributed by atoms with van der Waals surface area (Å²) < 4.78 is 19.8. The number of ether oxygens (including phenoxy) is 1. The van der Waals surface area contributed by atoms with Crippen LogP contribution >= 0.6 is 0 Å². The number of piperazine rings is 1. The second kappa shape index (κ2) is 9.89. The van der Waals surface area contributed by atoms with E-state index >= 15 is 0 Å². The molecule has 2 aromatic carbocycles. The largest absolute Gasteiger partial charge is 0.491 e. The molecular formula is C25H28FN4O2+. The lowest BCUT2D eigenvalue weighted by Crippen LogP contribution is -2.62. The van der Waals surface area contributed by atoms with Gasteiger partial charge in [-0.2, -0.15) is 0 Å². The number of para-hydroxylation sites is 2. The fourth-order valence-corrected chi connectivity index (χ4v) is 4.30. The van der Waals surface area contributed by atoms with E-state index in [2.05, 4.69) is 16.4 Å². The van der Waals surface area contributed by atoms with Crippen LogP contribution in [0.2, 0.25) is 0 Å². The fourth-order valence-electron chi connectivity index (χ4n) is 4.30. The molecule has 1 aliphatic heterocycles. The topological polar surface area (TPSA) is 54.5 Å². The quantitative estimate of drug-likeness (QED) is 0.578. The zero-order valence-electron chi connectivity index (χ0n) is 18.2. The minimum Gasteiger partial charge on any atom is -0.491 e. The third-order valence-electron chi connectivity index (χ3n) is 6.04. The van der Waals surface area contributed by atoms with E-state index in [9.17, 15) is 9.18 Å². The van der Waals surface area contributed by atoms with Gasteiger partial charge in [0.1, 0.15) is 18.2 Å². The molecule has 7 heteroatoms. The lowest BCUT2D eigenvalue weighted by atomic mass is 10.1. The number of carbonyl (C=O) groups excluding carboxylic acids is 1. The number of amides is 1. The van der Waals surface area contributed by atoms with E-state index < -0.39 is 0 Å². The predicted molar refractivity (Wildman–Crippen MR) is 125 cm³/mol.